The van der Waals surface area contributed by atoms with Crippen molar-refractivity contribution in [2.75, 3.05) is 44.1 Å². The molecule has 3 aromatic rings. The number of rotatable bonds is 8. The van der Waals surface area contributed by atoms with Gasteiger partial charge in [0.05, 0.1) is 17.6 Å². The molecule has 228 valence electrons. The lowest BCUT2D eigenvalue weighted by Crippen LogP contribution is -2.21. The Morgan fingerprint density at radius 2 is 1.67 bits per heavy atom. The van der Waals surface area contributed by atoms with Crippen molar-refractivity contribution in [2.24, 2.45) is 0 Å². The first-order chi connectivity index (χ1) is 20.1. The minimum absolute atomic E-state index is 0.0477. The van der Waals surface area contributed by atoms with Gasteiger partial charge in [-0.2, -0.15) is 13.8 Å². The molecule has 2 aromatic carbocycles. The SMILES string of the molecule is CN1CCCCCC(c2ccc(Nc3ncc(Cl)c(Nc4ccccc4P(C)(C)=O)n3)c(OC(F)F)c2)CCCCC1. The van der Waals surface area contributed by atoms with Gasteiger partial charge in [0, 0.05) is 5.30 Å². The quantitative estimate of drug-likeness (QED) is 0.244. The molecule has 1 fully saturated rings. The van der Waals surface area contributed by atoms with Crippen molar-refractivity contribution >= 4 is 47.2 Å². The van der Waals surface area contributed by atoms with Crippen LogP contribution in [0.5, 0.6) is 5.75 Å². The molecular formula is C31H41ClF2N5O2P. The Labute approximate surface area is 252 Å². The number of para-hydroxylation sites is 1. The summed E-state index contributed by atoms with van der Waals surface area (Å²) in [7, 11) is -0.390. The molecule has 2 heterocycles. The highest BCUT2D eigenvalue weighted by atomic mass is 35.5. The van der Waals surface area contributed by atoms with Gasteiger partial charge in [-0.25, -0.2) is 4.98 Å². The fraction of sp³-hybridized carbons (Fsp3) is 0.484. The molecule has 0 atom stereocenters. The smallest absolute Gasteiger partial charge is 0.387 e. The first-order valence-electron chi connectivity index (χ1n) is 14.6. The van der Waals surface area contributed by atoms with Gasteiger partial charge >= 0.3 is 6.61 Å². The van der Waals surface area contributed by atoms with E-state index in [4.69, 9.17) is 16.3 Å². The zero-order chi connectivity index (χ0) is 30.1. The second-order valence-electron chi connectivity index (χ2n) is 11.3. The number of anilines is 4. The molecule has 0 bridgehead atoms. The maximum absolute atomic E-state index is 13.5. The largest absolute Gasteiger partial charge is 0.433 e. The van der Waals surface area contributed by atoms with Crippen molar-refractivity contribution in [3.05, 3.63) is 59.2 Å². The third kappa shape index (κ3) is 9.38. The number of alkyl halides is 2. The molecule has 0 radical (unpaired) electrons. The standard InChI is InChI=1S/C31H41ClF2N5O2P/c1-39-18-10-4-6-12-22(13-7-5-11-19-39)23-16-17-25(27(20-23)41-30(33)34)37-31-35-21-24(32)29(38-31)36-26-14-8-9-15-28(26)42(2,3)40/h8-9,14-17,20-22,30H,4-7,10-13,18-19H2,1-3H3,(H2,35,36,37,38). The monoisotopic (exact) mass is 619 g/mol. The molecular weight excluding hydrogens is 579 g/mol. The number of nitrogens with zero attached hydrogens (tertiary/aromatic N) is 3. The third-order valence-corrected chi connectivity index (χ3v) is 9.43. The Morgan fingerprint density at radius 1 is 0.976 bits per heavy atom. The Balaban J connectivity index is 1.56. The van der Waals surface area contributed by atoms with Crippen LogP contribution in [0, 0.1) is 0 Å². The highest BCUT2D eigenvalue weighted by Crippen LogP contribution is 2.39. The summed E-state index contributed by atoms with van der Waals surface area (Å²) in [5, 5.41) is 7.10. The minimum Gasteiger partial charge on any atom is -0.433 e. The number of hydrogen-bond acceptors (Lipinski definition) is 7. The lowest BCUT2D eigenvalue weighted by atomic mass is 9.88. The van der Waals surface area contributed by atoms with E-state index in [0.717, 1.165) is 57.2 Å². The molecule has 42 heavy (non-hydrogen) atoms. The molecule has 1 aliphatic heterocycles. The molecule has 0 spiro atoms. The molecule has 1 saturated heterocycles. The Kier molecular flexibility index (Phi) is 11.6. The van der Waals surface area contributed by atoms with E-state index >= 15 is 0 Å². The molecule has 1 aliphatic rings. The molecule has 0 aliphatic carbocycles. The molecule has 2 N–H and O–H groups in total. The molecule has 4 rings (SSSR count). The number of hydrogen-bond donors (Lipinski definition) is 2. The van der Waals surface area contributed by atoms with E-state index < -0.39 is 13.8 Å². The van der Waals surface area contributed by atoms with Gasteiger partial charge in [-0.3, -0.25) is 0 Å². The summed E-state index contributed by atoms with van der Waals surface area (Å²) >= 11 is 6.39. The van der Waals surface area contributed by atoms with Crippen LogP contribution in [0.4, 0.5) is 31.9 Å². The summed E-state index contributed by atoms with van der Waals surface area (Å²) in [6.45, 7) is 2.64. The lowest BCUT2D eigenvalue weighted by molar-refractivity contribution is -0.0494. The van der Waals surface area contributed by atoms with Crippen LogP contribution < -0.4 is 20.7 Å². The molecule has 0 unspecified atom stereocenters. The van der Waals surface area contributed by atoms with E-state index in [1.165, 1.54) is 19.0 Å². The first kappa shape index (κ1) is 32.2. The number of ether oxygens (including phenoxy) is 1. The predicted octanol–water partition coefficient (Wildman–Crippen LogP) is 8.62. The minimum atomic E-state index is -2.98. The number of halogens is 3. The van der Waals surface area contributed by atoms with Crippen LogP contribution in [0.3, 0.4) is 0 Å². The summed E-state index contributed by atoms with van der Waals surface area (Å²) in [4.78, 5) is 11.1. The third-order valence-electron chi connectivity index (χ3n) is 7.61. The van der Waals surface area contributed by atoms with Crippen molar-refractivity contribution in [1.29, 1.82) is 0 Å². The average Bonchev–Trinajstić information content (AvgIpc) is 2.93. The highest BCUT2D eigenvalue weighted by molar-refractivity contribution is 7.70. The van der Waals surface area contributed by atoms with E-state index in [0.29, 0.717) is 22.5 Å². The molecule has 7 nitrogen and oxygen atoms in total. The van der Waals surface area contributed by atoms with Crippen molar-refractivity contribution in [3.8, 4) is 5.75 Å². The summed E-state index contributed by atoms with van der Waals surface area (Å²) < 4.78 is 44.8. The fourth-order valence-corrected chi connectivity index (χ4v) is 6.68. The van der Waals surface area contributed by atoms with Gasteiger partial charge in [0.25, 0.3) is 0 Å². The van der Waals surface area contributed by atoms with Crippen LogP contribution in [0.15, 0.2) is 48.7 Å². The van der Waals surface area contributed by atoms with Gasteiger partial charge in [0.2, 0.25) is 5.95 Å². The van der Waals surface area contributed by atoms with Crippen LogP contribution >= 0.6 is 18.7 Å². The van der Waals surface area contributed by atoms with E-state index in [-0.39, 0.29) is 22.6 Å². The second-order valence-corrected chi connectivity index (χ2v) is 14.9. The van der Waals surface area contributed by atoms with E-state index in [2.05, 4.69) is 32.5 Å². The van der Waals surface area contributed by atoms with E-state index in [1.54, 1.807) is 37.6 Å². The van der Waals surface area contributed by atoms with Crippen molar-refractivity contribution in [1.82, 2.24) is 14.9 Å². The highest BCUT2D eigenvalue weighted by Gasteiger charge is 2.20. The van der Waals surface area contributed by atoms with E-state index in [1.807, 2.05) is 18.2 Å². The first-order valence-corrected chi connectivity index (χ1v) is 17.6. The van der Waals surface area contributed by atoms with Gasteiger partial charge in [0.15, 0.2) is 5.82 Å². The van der Waals surface area contributed by atoms with Crippen LogP contribution in [-0.4, -0.2) is 54.9 Å². The van der Waals surface area contributed by atoms with Gasteiger partial charge in [-0.1, -0.05) is 55.5 Å². The van der Waals surface area contributed by atoms with Crippen LogP contribution in [-0.2, 0) is 4.57 Å². The maximum Gasteiger partial charge on any atom is 0.387 e. The maximum atomic E-state index is 13.5. The Morgan fingerprint density at radius 3 is 2.33 bits per heavy atom. The Bertz CT molecular complexity index is 1360. The summed E-state index contributed by atoms with van der Waals surface area (Å²) in [5.74, 6) is 0.777. The predicted molar refractivity (Wildman–Crippen MR) is 169 cm³/mol. The summed E-state index contributed by atoms with van der Waals surface area (Å²) in [6.07, 6.45) is 10.3. The van der Waals surface area contributed by atoms with E-state index in [9.17, 15) is 13.3 Å². The molecule has 11 heteroatoms. The van der Waals surface area contributed by atoms with Crippen LogP contribution in [0.25, 0.3) is 0 Å². The topological polar surface area (TPSA) is 79.4 Å². The summed E-state index contributed by atoms with van der Waals surface area (Å²) in [6, 6.07) is 12.7. The van der Waals surface area contributed by atoms with Gasteiger partial charge in [-0.15, -0.1) is 0 Å². The number of benzene rings is 2. The zero-order valence-electron chi connectivity index (χ0n) is 24.6. The lowest BCUT2D eigenvalue weighted by Gasteiger charge is -2.22. The number of nitrogens with one attached hydrogen (secondary N) is 2. The van der Waals surface area contributed by atoms with Gasteiger partial charge < -0.3 is 24.8 Å². The molecule has 0 amide bonds. The zero-order valence-corrected chi connectivity index (χ0v) is 26.2. The summed E-state index contributed by atoms with van der Waals surface area (Å²) in [5.41, 5.74) is 1.95. The van der Waals surface area contributed by atoms with Crippen molar-refractivity contribution < 1.29 is 18.1 Å². The van der Waals surface area contributed by atoms with Gasteiger partial charge in [-0.05, 0) is 94.9 Å². The molecule has 0 saturated carbocycles. The van der Waals surface area contributed by atoms with Crippen LogP contribution in [0.1, 0.15) is 62.8 Å². The number of aromatic nitrogens is 2. The van der Waals surface area contributed by atoms with Crippen molar-refractivity contribution in [3.63, 3.8) is 0 Å². The Hall–Kier alpha value is -2.74. The second kappa shape index (κ2) is 15.1. The van der Waals surface area contributed by atoms with Crippen molar-refractivity contribution in [2.45, 2.75) is 63.9 Å². The average molecular weight is 620 g/mol. The fourth-order valence-electron chi connectivity index (χ4n) is 5.39. The van der Waals surface area contributed by atoms with Crippen LogP contribution in [0.2, 0.25) is 5.02 Å². The normalized spacial score (nSPS) is 16.5. The van der Waals surface area contributed by atoms with Gasteiger partial charge in [0.1, 0.15) is 17.9 Å². The molecule has 1 aromatic heterocycles.